The van der Waals surface area contributed by atoms with Crippen LogP contribution in [0.15, 0.2) is 15.5 Å². The summed E-state index contributed by atoms with van der Waals surface area (Å²) in [6.07, 6.45) is 1.07. The van der Waals surface area contributed by atoms with E-state index >= 15 is 0 Å². The average Bonchev–Trinajstić information content (AvgIpc) is 3.41. The Kier molecular flexibility index (Phi) is 6.47. The summed E-state index contributed by atoms with van der Waals surface area (Å²) < 4.78 is 38.7. The molecule has 2 aromatic rings. The van der Waals surface area contributed by atoms with E-state index < -0.39 is 10.0 Å². The Balaban J connectivity index is 1.45. The molecular weight excluding hydrogens is 440 g/mol. The van der Waals surface area contributed by atoms with Crippen LogP contribution in [0.1, 0.15) is 43.4 Å². The molecule has 0 unspecified atom stereocenters. The topological polar surface area (TPSA) is 106 Å². The number of carbonyl (C=O) groups is 1. The maximum atomic E-state index is 13.3. The molecule has 31 heavy (non-hydrogen) atoms. The summed E-state index contributed by atoms with van der Waals surface area (Å²) in [5.41, 5.74) is 0. The summed E-state index contributed by atoms with van der Waals surface area (Å²) in [7, 11) is -3.65. The lowest BCUT2D eigenvalue weighted by molar-refractivity contribution is -0.140. The van der Waals surface area contributed by atoms with Crippen molar-refractivity contribution in [2.45, 2.75) is 44.4 Å². The standard InChI is InChI=1S/C20H28N4O5S2/c1-13(2)19-21-18(22-29-19)16-12-17(14(3)30-16)31(26,27)24-6-4-15(5-7-24)20(25)23-8-10-28-11-9-23/h12-13,15H,4-11H2,1-3H3. The van der Waals surface area contributed by atoms with E-state index in [0.717, 1.165) is 0 Å². The molecule has 2 saturated heterocycles. The first-order chi connectivity index (χ1) is 14.8. The van der Waals surface area contributed by atoms with Crippen LogP contribution in [0.5, 0.6) is 0 Å². The Morgan fingerprint density at radius 2 is 1.87 bits per heavy atom. The number of amides is 1. The molecule has 9 nitrogen and oxygen atoms in total. The van der Waals surface area contributed by atoms with Crippen LogP contribution in [0.2, 0.25) is 0 Å². The second kappa shape index (κ2) is 8.97. The first-order valence-electron chi connectivity index (χ1n) is 10.6. The molecule has 2 aromatic heterocycles. The van der Waals surface area contributed by atoms with Crippen molar-refractivity contribution in [3.63, 3.8) is 0 Å². The number of sulfonamides is 1. The highest BCUT2D eigenvalue weighted by Crippen LogP contribution is 2.35. The molecule has 11 heteroatoms. The van der Waals surface area contributed by atoms with Crippen LogP contribution < -0.4 is 0 Å². The summed E-state index contributed by atoms with van der Waals surface area (Å²) in [4.78, 5) is 20.6. The number of thiophene rings is 1. The molecule has 0 N–H and O–H groups in total. The molecule has 2 aliphatic heterocycles. The molecule has 170 valence electrons. The first-order valence-corrected chi connectivity index (χ1v) is 12.8. The Morgan fingerprint density at radius 1 is 1.19 bits per heavy atom. The highest BCUT2D eigenvalue weighted by Gasteiger charge is 2.35. The second-order valence-electron chi connectivity index (χ2n) is 8.26. The van der Waals surface area contributed by atoms with Gasteiger partial charge in [-0.1, -0.05) is 19.0 Å². The molecule has 0 aromatic carbocycles. The number of piperidine rings is 1. The lowest BCUT2D eigenvalue weighted by atomic mass is 9.96. The third-order valence-corrected chi connectivity index (χ3v) is 8.97. The molecule has 0 aliphatic carbocycles. The summed E-state index contributed by atoms with van der Waals surface area (Å²) in [6.45, 7) is 8.75. The highest BCUT2D eigenvalue weighted by atomic mass is 32.2. The van der Waals surface area contributed by atoms with Crippen LogP contribution in [0.4, 0.5) is 0 Å². The molecule has 0 spiro atoms. The number of hydrogen-bond donors (Lipinski definition) is 0. The van der Waals surface area contributed by atoms with E-state index in [0.29, 0.717) is 73.7 Å². The van der Waals surface area contributed by atoms with Crippen molar-refractivity contribution in [1.82, 2.24) is 19.3 Å². The van der Waals surface area contributed by atoms with Crippen molar-refractivity contribution in [2.75, 3.05) is 39.4 Å². The van der Waals surface area contributed by atoms with Crippen molar-refractivity contribution >= 4 is 27.3 Å². The van der Waals surface area contributed by atoms with Gasteiger partial charge in [-0.2, -0.15) is 9.29 Å². The zero-order chi connectivity index (χ0) is 22.2. The molecule has 2 aliphatic rings. The fourth-order valence-electron chi connectivity index (χ4n) is 3.93. The molecule has 0 bridgehead atoms. The minimum absolute atomic E-state index is 0.104. The number of aromatic nitrogens is 2. The van der Waals surface area contributed by atoms with E-state index in [1.165, 1.54) is 15.6 Å². The van der Waals surface area contributed by atoms with Crippen LogP contribution in [0.25, 0.3) is 10.7 Å². The van der Waals surface area contributed by atoms with E-state index in [9.17, 15) is 13.2 Å². The Labute approximate surface area is 186 Å². The van der Waals surface area contributed by atoms with Crippen LogP contribution in [0.3, 0.4) is 0 Å². The number of carbonyl (C=O) groups excluding carboxylic acids is 1. The lowest BCUT2D eigenvalue weighted by Gasteiger charge is -2.35. The summed E-state index contributed by atoms with van der Waals surface area (Å²) in [5, 5.41) is 4.00. The SMILES string of the molecule is Cc1sc(-c2noc(C(C)C)n2)cc1S(=O)(=O)N1CCC(C(=O)N2CCOCC2)CC1. The summed E-state index contributed by atoms with van der Waals surface area (Å²) in [5.74, 6) is 1.03. The number of morpholine rings is 1. The van der Waals surface area contributed by atoms with Crippen molar-refractivity contribution in [3.05, 3.63) is 16.8 Å². The van der Waals surface area contributed by atoms with Crippen LogP contribution in [-0.2, 0) is 19.6 Å². The molecular formula is C20H28N4O5S2. The zero-order valence-electron chi connectivity index (χ0n) is 18.0. The average molecular weight is 469 g/mol. The molecule has 1 amide bonds. The lowest BCUT2D eigenvalue weighted by Crippen LogP contribution is -2.47. The van der Waals surface area contributed by atoms with Crippen molar-refractivity contribution in [1.29, 1.82) is 0 Å². The van der Waals surface area contributed by atoms with Crippen LogP contribution in [0, 0.1) is 12.8 Å². The Morgan fingerprint density at radius 3 is 2.48 bits per heavy atom. The number of rotatable bonds is 5. The van der Waals surface area contributed by atoms with Gasteiger partial charge in [-0.25, -0.2) is 8.42 Å². The van der Waals surface area contributed by atoms with Gasteiger partial charge in [0.15, 0.2) is 0 Å². The second-order valence-corrected chi connectivity index (χ2v) is 11.4. The summed E-state index contributed by atoms with van der Waals surface area (Å²) in [6, 6.07) is 1.63. The normalized spacial score (nSPS) is 19.3. The van der Waals surface area contributed by atoms with Gasteiger partial charge < -0.3 is 14.2 Å². The van der Waals surface area contributed by atoms with Gasteiger partial charge in [-0.15, -0.1) is 11.3 Å². The first kappa shape index (κ1) is 22.4. The smallest absolute Gasteiger partial charge is 0.244 e. The van der Waals surface area contributed by atoms with Gasteiger partial charge in [0.2, 0.25) is 27.6 Å². The van der Waals surface area contributed by atoms with Gasteiger partial charge in [0.25, 0.3) is 0 Å². The molecule has 4 rings (SSSR count). The molecule has 0 atom stereocenters. The Hall–Kier alpha value is -1.82. The van der Waals surface area contributed by atoms with Gasteiger partial charge in [0.1, 0.15) is 0 Å². The van der Waals surface area contributed by atoms with Gasteiger partial charge in [0, 0.05) is 42.9 Å². The zero-order valence-corrected chi connectivity index (χ0v) is 19.7. The fraction of sp³-hybridized carbons (Fsp3) is 0.650. The third kappa shape index (κ3) is 4.55. The largest absolute Gasteiger partial charge is 0.378 e. The third-order valence-electron chi connectivity index (χ3n) is 5.77. The van der Waals surface area contributed by atoms with Crippen molar-refractivity contribution < 1.29 is 22.5 Å². The molecule has 0 saturated carbocycles. The summed E-state index contributed by atoms with van der Waals surface area (Å²) >= 11 is 1.34. The van der Waals surface area contributed by atoms with E-state index in [-0.39, 0.29) is 22.6 Å². The van der Waals surface area contributed by atoms with Crippen molar-refractivity contribution in [3.8, 4) is 10.7 Å². The van der Waals surface area contributed by atoms with Crippen LogP contribution >= 0.6 is 11.3 Å². The van der Waals surface area contributed by atoms with Gasteiger partial charge in [-0.3, -0.25) is 4.79 Å². The predicted octanol–water partition coefficient (Wildman–Crippen LogP) is 2.49. The van der Waals surface area contributed by atoms with Gasteiger partial charge in [-0.05, 0) is 25.8 Å². The Bertz CT molecular complexity index is 1030. The number of hydrogen-bond acceptors (Lipinski definition) is 8. The van der Waals surface area contributed by atoms with Gasteiger partial charge >= 0.3 is 0 Å². The predicted molar refractivity (Wildman–Crippen MR) is 115 cm³/mol. The minimum Gasteiger partial charge on any atom is -0.378 e. The number of nitrogens with zero attached hydrogens (tertiary/aromatic N) is 4. The van der Waals surface area contributed by atoms with Crippen LogP contribution in [-0.4, -0.2) is 73.1 Å². The van der Waals surface area contributed by atoms with Crippen molar-refractivity contribution in [2.24, 2.45) is 5.92 Å². The quantitative estimate of drug-likeness (QED) is 0.664. The maximum Gasteiger partial charge on any atom is 0.244 e. The van der Waals surface area contributed by atoms with E-state index in [1.54, 1.807) is 13.0 Å². The molecule has 2 fully saturated rings. The number of ether oxygens (including phenoxy) is 1. The minimum atomic E-state index is -3.65. The van der Waals surface area contributed by atoms with E-state index in [2.05, 4.69) is 10.1 Å². The fourth-order valence-corrected chi connectivity index (χ4v) is 6.88. The van der Waals surface area contributed by atoms with E-state index in [1.807, 2.05) is 18.7 Å². The monoisotopic (exact) mass is 468 g/mol. The molecule has 4 heterocycles. The maximum absolute atomic E-state index is 13.3. The molecule has 0 radical (unpaired) electrons. The highest BCUT2D eigenvalue weighted by molar-refractivity contribution is 7.89. The van der Waals surface area contributed by atoms with E-state index in [4.69, 9.17) is 9.26 Å². The van der Waals surface area contributed by atoms with Gasteiger partial charge in [0.05, 0.1) is 23.0 Å². The number of aryl methyl sites for hydroxylation is 1.